The van der Waals surface area contributed by atoms with E-state index in [9.17, 15) is 9.18 Å². The number of carbonyl (C=O) groups is 1. The van der Waals surface area contributed by atoms with Gasteiger partial charge in [-0.3, -0.25) is 4.79 Å². The molecule has 1 fully saturated rings. The molecule has 1 saturated heterocycles. The van der Waals surface area contributed by atoms with Crippen LogP contribution in [0.25, 0.3) is 0 Å². The molecule has 5 heteroatoms. The van der Waals surface area contributed by atoms with Crippen molar-refractivity contribution >= 4 is 17.3 Å². The second-order valence-corrected chi connectivity index (χ2v) is 5.56. The Morgan fingerprint density at radius 3 is 2.26 bits per heavy atom. The first kappa shape index (κ1) is 15.3. The number of hydrogen-bond donors (Lipinski definition) is 1. The molecule has 3 rings (SSSR count). The number of amides is 1. The molecule has 0 unspecified atom stereocenters. The fourth-order valence-corrected chi connectivity index (χ4v) is 2.71. The Hall–Kier alpha value is -2.56. The fraction of sp³-hybridized carbons (Fsp3) is 0.278. The normalized spacial score (nSPS) is 14.7. The first-order valence-corrected chi connectivity index (χ1v) is 7.79. The standard InChI is InChI=1S/C18H20FN3O/c19-15-6-8-17(9-7-15)21-10-12-22(13-11-21)18(23)14-20-16-4-2-1-3-5-16/h1-9,20H,10-14H2. The maximum Gasteiger partial charge on any atom is 0.241 e. The summed E-state index contributed by atoms with van der Waals surface area (Å²) in [5.74, 6) is -0.123. The minimum Gasteiger partial charge on any atom is -0.376 e. The van der Waals surface area contributed by atoms with E-state index in [0.717, 1.165) is 24.5 Å². The first-order chi connectivity index (χ1) is 11.2. The largest absolute Gasteiger partial charge is 0.376 e. The predicted octanol–water partition coefficient (Wildman–Crippen LogP) is 2.59. The van der Waals surface area contributed by atoms with Crippen LogP contribution in [0.1, 0.15) is 0 Å². The van der Waals surface area contributed by atoms with Crippen LogP contribution in [0.15, 0.2) is 54.6 Å². The Balaban J connectivity index is 1.48. The van der Waals surface area contributed by atoms with Crippen LogP contribution in [0.4, 0.5) is 15.8 Å². The number of piperazine rings is 1. The molecule has 0 radical (unpaired) electrons. The molecule has 0 saturated carbocycles. The first-order valence-electron chi connectivity index (χ1n) is 7.79. The van der Waals surface area contributed by atoms with E-state index in [1.165, 1.54) is 12.1 Å². The topological polar surface area (TPSA) is 35.6 Å². The Labute approximate surface area is 135 Å². The van der Waals surface area contributed by atoms with E-state index in [1.54, 1.807) is 12.1 Å². The van der Waals surface area contributed by atoms with Gasteiger partial charge in [0.15, 0.2) is 0 Å². The van der Waals surface area contributed by atoms with E-state index in [1.807, 2.05) is 35.2 Å². The van der Waals surface area contributed by atoms with Crippen molar-refractivity contribution in [3.63, 3.8) is 0 Å². The SMILES string of the molecule is O=C(CNc1ccccc1)N1CCN(c2ccc(F)cc2)CC1. The molecule has 1 heterocycles. The van der Waals surface area contributed by atoms with Gasteiger partial charge in [0.2, 0.25) is 5.91 Å². The zero-order chi connectivity index (χ0) is 16.1. The van der Waals surface area contributed by atoms with Crippen LogP contribution in [-0.2, 0) is 4.79 Å². The third-order valence-corrected chi connectivity index (χ3v) is 4.04. The average molecular weight is 313 g/mol. The third kappa shape index (κ3) is 4.00. The minimum absolute atomic E-state index is 0.104. The monoisotopic (exact) mass is 313 g/mol. The maximum absolute atomic E-state index is 13.0. The Bertz CT molecular complexity index is 637. The van der Waals surface area contributed by atoms with Gasteiger partial charge in [0.1, 0.15) is 5.82 Å². The molecule has 0 aromatic heterocycles. The number of para-hydroxylation sites is 1. The van der Waals surface area contributed by atoms with Crippen molar-refractivity contribution in [2.45, 2.75) is 0 Å². The summed E-state index contributed by atoms with van der Waals surface area (Å²) in [6.45, 7) is 3.21. The van der Waals surface area contributed by atoms with Gasteiger partial charge in [-0.1, -0.05) is 18.2 Å². The number of hydrogen-bond acceptors (Lipinski definition) is 3. The van der Waals surface area contributed by atoms with E-state index in [2.05, 4.69) is 10.2 Å². The molecule has 120 valence electrons. The van der Waals surface area contributed by atoms with Crippen LogP contribution in [0.3, 0.4) is 0 Å². The van der Waals surface area contributed by atoms with Gasteiger partial charge in [0, 0.05) is 37.6 Å². The van der Waals surface area contributed by atoms with E-state index in [0.29, 0.717) is 19.6 Å². The summed E-state index contributed by atoms with van der Waals surface area (Å²) in [5, 5.41) is 3.14. The van der Waals surface area contributed by atoms with Gasteiger partial charge >= 0.3 is 0 Å². The number of halogens is 1. The van der Waals surface area contributed by atoms with Gasteiger partial charge in [-0.15, -0.1) is 0 Å². The summed E-state index contributed by atoms with van der Waals surface area (Å²) in [6, 6.07) is 16.2. The predicted molar refractivity (Wildman–Crippen MR) is 90.1 cm³/mol. The molecule has 4 nitrogen and oxygen atoms in total. The molecule has 0 bridgehead atoms. The molecule has 1 aliphatic rings. The molecule has 23 heavy (non-hydrogen) atoms. The van der Waals surface area contributed by atoms with Gasteiger partial charge in [-0.25, -0.2) is 4.39 Å². The van der Waals surface area contributed by atoms with Gasteiger partial charge in [-0.05, 0) is 36.4 Å². The summed E-state index contributed by atoms with van der Waals surface area (Å²) in [5.41, 5.74) is 1.95. The van der Waals surface area contributed by atoms with Crippen LogP contribution in [0.5, 0.6) is 0 Å². The second kappa shape index (κ2) is 7.13. The Morgan fingerprint density at radius 1 is 0.957 bits per heavy atom. The van der Waals surface area contributed by atoms with Crippen molar-refractivity contribution in [2.75, 3.05) is 42.9 Å². The summed E-state index contributed by atoms with van der Waals surface area (Å²) in [4.78, 5) is 16.3. The van der Waals surface area contributed by atoms with E-state index in [4.69, 9.17) is 0 Å². The van der Waals surface area contributed by atoms with Crippen LogP contribution >= 0.6 is 0 Å². The quantitative estimate of drug-likeness (QED) is 0.942. The number of nitrogens with zero attached hydrogens (tertiary/aromatic N) is 2. The van der Waals surface area contributed by atoms with E-state index >= 15 is 0 Å². The van der Waals surface area contributed by atoms with Crippen molar-refractivity contribution in [1.29, 1.82) is 0 Å². The number of carbonyl (C=O) groups excluding carboxylic acids is 1. The van der Waals surface area contributed by atoms with Crippen molar-refractivity contribution in [1.82, 2.24) is 4.90 Å². The Kier molecular flexibility index (Phi) is 4.76. The number of rotatable bonds is 4. The molecule has 0 spiro atoms. The van der Waals surface area contributed by atoms with Gasteiger partial charge in [-0.2, -0.15) is 0 Å². The average Bonchev–Trinajstić information content (AvgIpc) is 2.61. The van der Waals surface area contributed by atoms with Gasteiger partial charge < -0.3 is 15.1 Å². The lowest BCUT2D eigenvalue weighted by Gasteiger charge is -2.36. The summed E-state index contributed by atoms with van der Waals surface area (Å²) in [7, 11) is 0. The van der Waals surface area contributed by atoms with E-state index < -0.39 is 0 Å². The zero-order valence-electron chi connectivity index (χ0n) is 12.9. The zero-order valence-corrected chi connectivity index (χ0v) is 12.9. The Morgan fingerprint density at radius 2 is 1.61 bits per heavy atom. The fourth-order valence-electron chi connectivity index (χ4n) is 2.71. The molecular weight excluding hydrogens is 293 g/mol. The number of anilines is 2. The highest BCUT2D eigenvalue weighted by atomic mass is 19.1. The maximum atomic E-state index is 13.0. The molecule has 2 aromatic carbocycles. The summed E-state index contributed by atoms with van der Waals surface area (Å²) in [6.07, 6.45) is 0. The van der Waals surface area contributed by atoms with Crippen molar-refractivity contribution in [3.8, 4) is 0 Å². The van der Waals surface area contributed by atoms with Gasteiger partial charge in [0.25, 0.3) is 0 Å². The highest BCUT2D eigenvalue weighted by Crippen LogP contribution is 2.17. The molecule has 1 amide bonds. The summed E-state index contributed by atoms with van der Waals surface area (Å²) < 4.78 is 13.0. The summed E-state index contributed by atoms with van der Waals surface area (Å²) >= 11 is 0. The van der Waals surface area contributed by atoms with Gasteiger partial charge in [0.05, 0.1) is 6.54 Å². The van der Waals surface area contributed by atoms with Crippen LogP contribution in [0, 0.1) is 5.82 Å². The molecule has 1 N–H and O–H groups in total. The molecule has 0 atom stereocenters. The lowest BCUT2D eigenvalue weighted by molar-refractivity contribution is -0.129. The van der Waals surface area contributed by atoms with Crippen molar-refractivity contribution in [3.05, 3.63) is 60.4 Å². The lowest BCUT2D eigenvalue weighted by Crippen LogP contribution is -2.50. The van der Waals surface area contributed by atoms with Crippen molar-refractivity contribution < 1.29 is 9.18 Å². The molecule has 0 aliphatic carbocycles. The minimum atomic E-state index is -0.227. The second-order valence-electron chi connectivity index (χ2n) is 5.56. The number of benzene rings is 2. The highest BCUT2D eigenvalue weighted by Gasteiger charge is 2.20. The van der Waals surface area contributed by atoms with Crippen LogP contribution < -0.4 is 10.2 Å². The van der Waals surface area contributed by atoms with Crippen molar-refractivity contribution in [2.24, 2.45) is 0 Å². The third-order valence-electron chi connectivity index (χ3n) is 4.04. The lowest BCUT2D eigenvalue weighted by atomic mass is 10.2. The highest BCUT2D eigenvalue weighted by molar-refractivity contribution is 5.81. The van der Waals surface area contributed by atoms with E-state index in [-0.39, 0.29) is 11.7 Å². The van der Waals surface area contributed by atoms with Crippen LogP contribution in [-0.4, -0.2) is 43.5 Å². The van der Waals surface area contributed by atoms with Crippen LogP contribution in [0.2, 0.25) is 0 Å². The smallest absolute Gasteiger partial charge is 0.241 e. The molecular formula is C18H20FN3O. The molecule has 2 aromatic rings. The number of nitrogens with one attached hydrogen (secondary N) is 1. The molecule has 1 aliphatic heterocycles.